The lowest BCUT2D eigenvalue weighted by molar-refractivity contribution is 0.0593. The van der Waals surface area contributed by atoms with Gasteiger partial charge in [0.15, 0.2) is 0 Å². The second-order valence-electron chi connectivity index (χ2n) is 3.94. The minimum atomic E-state index is -0.328. The average Bonchev–Trinajstić information content (AvgIpc) is 2.61. The van der Waals surface area contributed by atoms with Gasteiger partial charge in [0, 0.05) is 5.69 Å². The third-order valence-corrected chi connectivity index (χ3v) is 2.32. The maximum Gasteiger partial charge on any atom is 0.354 e. The van der Waals surface area contributed by atoms with Crippen molar-refractivity contribution in [1.82, 2.24) is 4.98 Å². The largest absolute Gasteiger partial charge is 0.464 e. The monoisotopic (exact) mass is 207 g/mol. The molecule has 3 nitrogen and oxygen atoms in total. The van der Waals surface area contributed by atoms with Gasteiger partial charge < -0.3 is 9.72 Å². The van der Waals surface area contributed by atoms with Gasteiger partial charge in [-0.25, -0.2) is 4.79 Å². The van der Waals surface area contributed by atoms with Gasteiger partial charge in [-0.2, -0.15) is 0 Å². The molecule has 0 aliphatic heterocycles. The van der Waals surface area contributed by atoms with Crippen LogP contribution in [0.15, 0.2) is 12.6 Å². The highest BCUT2D eigenvalue weighted by atomic mass is 16.5. The highest BCUT2D eigenvalue weighted by Crippen LogP contribution is 2.24. The molecule has 3 heteroatoms. The average molecular weight is 207 g/mol. The van der Waals surface area contributed by atoms with Gasteiger partial charge in [-0.1, -0.05) is 20.4 Å². The fourth-order valence-electron chi connectivity index (χ4n) is 1.43. The summed E-state index contributed by atoms with van der Waals surface area (Å²) in [7, 11) is 1.38. The molecule has 0 unspecified atom stereocenters. The van der Waals surface area contributed by atoms with Crippen LogP contribution in [0.1, 0.15) is 48.4 Å². The maximum atomic E-state index is 11.5. The first-order chi connectivity index (χ1) is 6.97. The molecule has 0 amide bonds. The van der Waals surface area contributed by atoms with E-state index in [0.29, 0.717) is 5.69 Å². The molecule has 1 rings (SSSR count). The van der Waals surface area contributed by atoms with E-state index in [-0.39, 0.29) is 11.9 Å². The van der Waals surface area contributed by atoms with Crippen molar-refractivity contribution >= 4 is 11.5 Å². The van der Waals surface area contributed by atoms with Crippen LogP contribution in [0, 0.1) is 0 Å². The van der Waals surface area contributed by atoms with Crippen LogP contribution in [0.4, 0.5) is 0 Å². The summed E-state index contributed by atoms with van der Waals surface area (Å²) in [4.78, 5) is 14.5. The van der Waals surface area contributed by atoms with Gasteiger partial charge in [0.25, 0.3) is 0 Å². The van der Waals surface area contributed by atoms with Gasteiger partial charge in [0.1, 0.15) is 5.69 Å². The molecule has 1 aromatic rings. The molecule has 0 aliphatic carbocycles. The first kappa shape index (κ1) is 11.6. The van der Waals surface area contributed by atoms with Crippen molar-refractivity contribution in [2.24, 2.45) is 0 Å². The Morgan fingerprint density at radius 1 is 1.53 bits per heavy atom. The van der Waals surface area contributed by atoms with Crippen LogP contribution in [-0.2, 0) is 4.74 Å². The molecule has 1 N–H and O–H groups in total. The number of nitrogens with one attached hydrogen (secondary N) is 1. The predicted octanol–water partition coefficient (Wildman–Crippen LogP) is 2.96. The van der Waals surface area contributed by atoms with E-state index in [1.807, 2.05) is 26.8 Å². The fourth-order valence-corrected chi connectivity index (χ4v) is 1.43. The van der Waals surface area contributed by atoms with Crippen molar-refractivity contribution in [3.8, 4) is 0 Å². The molecule has 0 aliphatic rings. The quantitative estimate of drug-likeness (QED) is 0.774. The summed E-state index contributed by atoms with van der Waals surface area (Å²) in [6.07, 6.45) is 0. The van der Waals surface area contributed by atoms with E-state index in [1.54, 1.807) is 0 Å². The van der Waals surface area contributed by atoms with Crippen LogP contribution in [0.5, 0.6) is 0 Å². The molecule has 82 valence electrons. The number of rotatable bonds is 3. The van der Waals surface area contributed by atoms with Gasteiger partial charge in [-0.3, -0.25) is 0 Å². The number of aromatic amines is 1. The molecule has 15 heavy (non-hydrogen) atoms. The summed E-state index contributed by atoms with van der Waals surface area (Å²) in [5, 5.41) is 0. The molecule has 0 aromatic carbocycles. The van der Waals surface area contributed by atoms with Crippen LogP contribution in [-0.4, -0.2) is 18.1 Å². The van der Waals surface area contributed by atoms with Gasteiger partial charge in [0.2, 0.25) is 0 Å². The van der Waals surface area contributed by atoms with Crippen LogP contribution < -0.4 is 0 Å². The molecular formula is C12H17NO2. The Morgan fingerprint density at radius 2 is 2.13 bits per heavy atom. The van der Waals surface area contributed by atoms with Gasteiger partial charge >= 0.3 is 5.97 Å². The smallest absolute Gasteiger partial charge is 0.354 e. The Balaban J connectivity index is 3.23. The molecule has 0 radical (unpaired) electrons. The number of methoxy groups -OCH3 is 1. The first-order valence-corrected chi connectivity index (χ1v) is 4.94. The predicted molar refractivity (Wildman–Crippen MR) is 60.9 cm³/mol. The second kappa shape index (κ2) is 4.34. The van der Waals surface area contributed by atoms with E-state index >= 15 is 0 Å². The summed E-state index contributed by atoms with van der Waals surface area (Å²) < 4.78 is 4.72. The van der Waals surface area contributed by atoms with Crippen LogP contribution in [0.25, 0.3) is 5.57 Å². The number of H-pyrrole nitrogens is 1. The lowest BCUT2D eigenvalue weighted by Gasteiger charge is -2.04. The topological polar surface area (TPSA) is 42.1 Å². The summed E-state index contributed by atoms with van der Waals surface area (Å²) in [6.45, 7) is 9.82. The minimum absolute atomic E-state index is 0.281. The van der Waals surface area contributed by atoms with E-state index in [4.69, 9.17) is 4.74 Å². The molecule has 0 atom stereocenters. The SMILES string of the molecule is C=C(C)c1cc(C(C)C)c(C(=O)OC)[nH]1. The van der Waals surface area contributed by atoms with E-state index < -0.39 is 0 Å². The molecule has 1 aromatic heterocycles. The second-order valence-corrected chi connectivity index (χ2v) is 3.94. The molecular weight excluding hydrogens is 190 g/mol. The number of hydrogen-bond acceptors (Lipinski definition) is 2. The number of carbonyl (C=O) groups is 1. The number of aromatic nitrogens is 1. The summed E-state index contributed by atoms with van der Waals surface area (Å²) in [5.41, 5.74) is 3.30. The lowest BCUT2D eigenvalue weighted by atomic mass is 10.0. The third-order valence-electron chi connectivity index (χ3n) is 2.32. The number of allylic oxidation sites excluding steroid dienone is 1. The highest BCUT2D eigenvalue weighted by Gasteiger charge is 2.18. The molecule has 0 spiro atoms. The number of ether oxygens (including phenoxy) is 1. The standard InChI is InChI=1S/C12H17NO2/c1-7(2)9-6-10(8(3)4)13-11(9)12(14)15-5/h6-7,13H,3H2,1-2,4-5H3. The molecule has 0 saturated heterocycles. The fraction of sp³-hybridized carbons (Fsp3) is 0.417. The maximum absolute atomic E-state index is 11.5. The summed E-state index contributed by atoms with van der Waals surface area (Å²) in [5.74, 6) is -0.0466. The van der Waals surface area contributed by atoms with Gasteiger partial charge in [0.05, 0.1) is 7.11 Å². The van der Waals surface area contributed by atoms with Crippen LogP contribution in [0.3, 0.4) is 0 Å². The van der Waals surface area contributed by atoms with E-state index in [1.165, 1.54) is 7.11 Å². The van der Waals surface area contributed by atoms with Crippen molar-refractivity contribution in [3.63, 3.8) is 0 Å². The molecule has 0 fully saturated rings. The number of esters is 1. The Hall–Kier alpha value is -1.51. The van der Waals surface area contributed by atoms with Gasteiger partial charge in [-0.05, 0) is 30.0 Å². The van der Waals surface area contributed by atoms with Crippen molar-refractivity contribution in [3.05, 3.63) is 29.6 Å². The minimum Gasteiger partial charge on any atom is -0.464 e. The summed E-state index contributed by atoms with van der Waals surface area (Å²) >= 11 is 0. The Kier molecular flexibility index (Phi) is 3.35. The van der Waals surface area contributed by atoms with Crippen molar-refractivity contribution in [2.45, 2.75) is 26.7 Å². The number of hydrogen-bond donors (Lipinski definition) is 1. The van der Waals surface area contributed by atoms with E-state index in [0.717, 1.165) is 16.8 Å². The summed E-state index contributed by atoms with van der Waals surface area (Å²) in [6, 6.07) is 1.96. The Bertz CT molecular complexity index is 388. The molecule has 0 saturated carbocycles. The normalized spacial score (nSPS) is 10.5. The Labute approximate surface area is 90.1 Å². The zero-order valence-electron chi connectivity index (χ0n) is 9.68. The Morgan fingerprint density at radius 3 is 2.53 bits per heavy atom. The van der Waals surface area contributed by atoms with E-state index in [9.17, 15) is 4.79 Å². The van der Waals surface area contributed by atoms with Crippen molar-refractivity contribution in [1.29, 1.82) is 0 Å². The van der Waals surface area contributed by atoms with Crippen molar-refractivity contribution in [2.75, 3.05) is 7.11 Å². The van der Waals surface area contributed by atoms with Crippen molar-refractivity contribution < 1.29 is 9.53 Å². The van der Waals surface area contributed by atoms with Crippen LogP contribution >= 0.6 is 0 Å². The third kappa shape index (κ3) is 2.29. The van der Waals surface area contributed by atoms with Gasteiger partial charge in [-0.15, -0.1) is 0 Å². The molecule has 0 bridgehead atoms. The lowest BCUT2D eigenvalue weighted by Crippen LogP contribution is -2.05. The van der Waals surface area contributed by atoms with E-state index in [2.05, 4.69) is 11.6 Å². The molecule has 1 heterocycles. The zero-order chi connectivity index (χ0) is 11.6. The first-order valence-electron chi connectivity index (χ1n) is 4.94. The van der Waals surface area contributed by atoms with Crippen LogP contribution in [0.2, 0.25) is 0 Å². The zero-order valence-corrected chi connectivity index (χ0v) is 9.68. The number of carbonyl (C=O) groups excluding carboxylic acids is 1. The highest BCUT2D eigenvalue weighted by molar-refractivity contribution is 5.90.